The molecule has 1 amide bonds. The van der Waals surface area contributed by atoms with Crippen LogP contribution >= 0.6 is 0 Å². The second kappa shape index (κ2) is 5.07. The molecule has 2 nitrogen and oxygen atoms in total. The van der Waals surface area contributed by atoms with Crippen LogP contribution in [-0.2, 0) is 4.79 Å². The van der Waals surface area contributed by atoms with Crippen LogP contribution in [0.1, 0.15) is 53.4 Å². The average Bonchev–Trinajstić information content (AvgIpc) is 2.91. The van der Waals surface area contributed by atoms with Crippen molar-refractivity contribution in [2.45, 2.75) is 53.4 Å². The molecular formula is C16H27NO. The molecule has 18 heavy (non-hydrogen) atoms. The highest BCUT2D eigenvalue weighted by atomic mass is 16.2. The number of carbonyl (C=O) groups is 1. The Morgan fingerprint density at radius 3 is 2.17 bits per heavy atom. The van der Waals surface area contributed by atoms with Crippen molar-refractivity contribution in [1.29, 1.82) is 0 Å². The van der Waals surface area contributed by atoms with Crippen molar-refractivity contribution in [2.75, 3.05) is 13.1 Å². The van der Waals surface area contributed by atoms with Crippen LogP contribution in [0.4, 0.5) is 0 Å². The summed E-state index contributed by atoms with van der Waals surface area (Å²) in [5, 5.41) is 0. The van der Waals surface area contributed by atoms with Crippen LogP contribution in [0.25, 0.3) is 0 Å². The van der Waals surface area contributed by atoms with Crippen LogP contribution in [-0.4, -0.2) is 23.9 Å². The standard InChI is InChI=1S/C16H27NO/c1-12(2)11-13-14(16(13,3)4)15(18)17-9-7-5-6-8-10-17/h11,13-14H,5-10H2,1-4H3/t13-,14+/m1/s1. The first kappa shape index (κ1) is 13.6. The van der Waals surface area contributed by atoms with Crippen molar-refractivity contribution in [3.05, 3.63) is 11.6 Å². The van der Waals surface area contributed by atoms with Crippen LogP contribution in [0.3, 0.4) is 0 Å². The van der Waals surface area contributed by atoms with Gasteiger partial charge in [-0.05, 0) is 38.0 Å². The zero-order valence-corrected chi connectivity index (χ0v) is 12.3. The molecule has 0 unspecified atom stereocenters. The molecule has 1 saturated carbocycles. The van der Waals surface area contributed by atoms with Crippen LogP contribution in [0.2, 0.25) is 0 Å². The third-order valence-corrected chi connectivity index (χ3v) is 4.61. The van der Waals surface area contributed by atoms with Gasteiger partial charge in [0.25, 0.3) is 0 Å². The third kappa shape index (κ3) is 2.62. The lowest BCUT2D eigenvalue weighted by atomic mass is 10.1. The van der Waals surface area contributed by atoms with E-state index in [1.807, 2.05) is 0 Å². The van der Waals surface area contributed by atoms with E-state index in [9.17, 15) is 4.79 Å². The average molecular weight is 249 g/mol. The van der Waals surface area contributed by atoms with E-state index in [-0.39, 0.29) is 11.3 Å². The lowest BCUT2D eigenvalue weighted by Crippen LogP contribution is -2.34. The summed E-state index contributed by atoms with van der Waals surface area (Å²) in [4.78, 5) is 14.7. The Kier molecular flexibility index (Phi) is 3.84. The molecule has 0 N–H and O–H groups in total. The van der Waals surface area contributed by atoms with E-state index in [0.29, 0.717) is 11.8 Å². The lowest BCUT2D eigenvalue weighted by molar-refractivity contribution is -0.133. The zero-order chi connectivity index (χ0) is 13.3. The number of carbonyl (C=O) groups excluding carboxylic acids is 1. The highest BCUT2D eigenvalue weighted by molar-refractivity contribution is 5.83. The van der Waals surface area contributed by atoms with Gasteiger partial charge in [0.05, 0.1) is 5.92 Å². The van der Waals surface area contributed by atoms with Crippen molar-refractivity contribution >= 4 is 5.91 Å². The summed E-state index contributed by atoms with van der Waals surface area (Å²) < 4.78 is 0. The highest BCUT2D eigenvalue weighted by Gasteiger charge is 2.61. The van der Waals surface area contributed by atoms with Crippen molar-refractivity contribution in [1.82, 2.24) is 4.90 Å². The Balaban J connectivity index is 2.03. The van der Waals surface area contributed by atoms with E-state index in [4.69, 9.17) is 0 Å². The minimum absolute atomic E-state index is 0.167. The molecule has 2 rings (SSSR count). The molecule has 2 aliphatic rings. The van der Waals surface area contributed by atoms with Crippen molar-refractivity contribution in [3.8, 4) is 0 Å². The maximum Gasteiger partial charge on any atom is 0.226 e. The molecule has 1 aliphatic carbocycles. The van der Waals surface area contributed by atoms with Gasteiger partial charge in [0, 0.05) is 13.1 Å². The molecule has 0 aromatic rings. The minimum Gasteiger partial charge on any atom is -0.342 e. The summed E-state index contributed by atoms with van der Waals surface area (Å²) in [5.74, 6) is 1.09. The Morgan fingerprint density at radius 1 is 1.11 bits per heavy atom. The first-order chi connectivity index (χ1) is 8.44. The van der Waals surface area contributed by atoms with Gasteiger partial charge in [0.15, 0.2) is 0 Å². The van der Waals surface area contributed by atoms with E-state index >= 15 is 0 Å². The Bertz CT molecular complexity index is 344. The minimum atomic E-state index is 0.167. The van der Waals surface area contributed by atoms with Gasteiger partial charge in [0.1, 0.15) is 0 Å². The molecule has 0 spiro atoms. The molecule has 0 radical (unpaired) electrons. The van der Waals surface area contributed by atoms with Gasteiger partial charge in [0.2, 0.25) is 5.91 Å². The second-order valence-corrected chi connectivity index (χ2v) is 6.81. The number of amides is 1. The molecule has 0 bridgehead atoms. The van der Waals surface area contributed by atoms with Gasteiger partial charge in [-0.2, -0.15) is 0 Å². The SMILES string of the molecule is CC(C)=C[C@@H]1[C@@H](C(=O)N2CCCCCC2)C1(C)C. The van der Waals surface area contributed by atoms with Crippen LogP contribution in [0.15, 0.2) is 11.6 Å². The summed E-state index contributed by atoms with van der Waals surface area (Å²) in [6.07, 6.45) is 7.24. The van der Waals surface area contributed by atoms with Crippen LogP contribution < -0.4 is 0 Å². The maximum absolute atomic E-state index is 12.6. The molecule has 0 aromatic heterocycles. The maximum atomic E-state index is 12.6. The van der Waals surface area contributed by atoms with Crippen molar-refractivity contribution < 1.29 is 4.79 Å². The topological polar surface area (TPSA) is 20.3 Å². The van der Waals surface area contributed by atoms with Crippen molar-refractivity contribution in [2.24, 2.45) is 17.3 Å². The van der Waals surface area contributed by atoms with Crippen LogP contribution in [0.5, 0.6) is 0 Å². The number of hydrogen-bond acceptors (Lipinski definition) is 1. The molecule has 2 heteroatoms. The summed E-state index contributed by atoms with van der Waals surface area (Å²) in [6, 6.07) is 0. The first-order valence-electron chi connectivity index (χ1n) is 7.38. The number of rotatable bonds is 2. The van der Waals surface area contributed by atoms with E-state index in [1.165, 1.54) is 31.3 Å². The summed E-state index contributed by atoms with van der Waals surface area (Å²) >= 11 is 0. The van der Waals surface area contributed by atoms with Crippen LogP contribution in [0, 0.1) is 17.3 Å². The van der Waals surface area contributed by atoms with Gasteiger partial charge in [-0.15, -0.1) is 0 Å². The molecule has 1 saturated heterocycles. The molecule has 2 atom stereocenters. The van der Waals surface area contributed by atoms with Gasteiger partial charge in [-0.25, -0.2) is 0 Å². The fourth-order valence-corrected chi connectivity index (χ4v) is 3.31. The second-order valence-electron chi connectivity index (χ2n) is 6.81. The largest absolute Gasteiger partial charge is 0.342 e. The van der Waals surface area contributed by atoms with E-state index in [0.717, 1.165) is 13.1 Å². The quantitative estimate of drug-likeness (QED) is 0.684. The van der Waals surface area contributed by atoms with Gasteiger partial charge in [-0.1, -0.05) is 38.3 Å². The number of hydrogen-bond donors (Lipinski definition) is 0. The summed E-state index contributed by atoms with van der Waals surface area (Å²) in [6.45, 7) is 10.7. The zero-order valence-electron chi connectivity index (χ0n) is 12.3. The smallest absolute Gasteiger partial charge is 0.226 e. The van der Waals surface area contributed by atoms with Gasteiger partial charge >= 0.3 is 0 Å². The fraction of sp³-hybridized carbons (Fsp3) is 0.812. The van der Waals surface area contributed by atoms with Crippen molar-refractivity contribution in [3.63, 3.8) is 0 Å². The molecule has 0 aromatic carbocycles. The molecule has 102 valence electrons. The third-order valence-electron chi connectivity index (χ3n) is 4.61. The lowest BCUT2D eigenvalue weighted by Gasteiger charge is -2.21. The van der Waals surface area contributed by atoms with Gasteiger partial charge < -0.3 is 4.90 Å². The predicted molar refractivity (Wildman–Crippen MR) is 75.2 cm³/mol. The first-order valence-corrected chi connectivity index (χ1v) is 7.38. The summed E-state index contributed by atoms with van der Waals surface area (Å²) in [5.41, 5.74) is 1.50. The Morgan fingerprint density at radius 2 is 1.67 bits per heavy atom. The number of likely N-dealkylation sites (tertiary alicyclic amines) is 1. The monoisotopic (exact) mass is 249 g/mol. The fourth-order valence-electron chi connectivity index (χ4n) is 3.31. The van der Waals surface area contributed by atoms with E-state index in [2.05, 4.69) is 38.7 Å². The molecule has 1 heterocycles. The highest BCUT2D eigenvalue weighted by Crippen LogP contribution is 2.60. The number of nitrogens with zero attached hydrogens (tertiary/aromatic N) is 1. The Labute approximate surface area is 111 Å². The van der Waals surface area contributed by atoms with E-state index < -0.39 is 0 Å². The Hall–Kier alpha value is -0.790. The molecule has 2 fully saturated rings. The number of allylic oxidation sites excluding steroid dienone is 2. The summed E-state index contributed by atoms with van der Waals surface area (Å²) in [7, 11) is 0. The van der Waals surface area contributed by atoms with Gasteiger partial charge in [-0.3, -0.25) is 4.79 Å². The normalized spacial score (nSPS) is 30.6. The molecular weight excluding hydrogens is 222 g/mol. The molecule has 1 aliphatic heterocycles. The van der Waals surface area contributed by atoms with E-state index in [1.54, 1.807) is 0 Å². The predicted octanol–water partition coefficient (Wildman–Crippen LogP) is 3.63.